The molecule has 0 saturated carbocycles. The first-order valence-corrected chi connectivity index (χ1v) is 10.4. The zero-order valence-corrected chi connectivity index (χ0v) is 16.9. The molecule has 27 heavy (non-hydrogen) atoms. The van der Waals surface area contributed by atoms with Crippen molar-refractivity contribution in [3.05, 3.63) is 37.0 Å². The van der Waals surface area contributed by atoms with Crippen LogP contribution >= 0.6 is 0 Å². The minimum Gasteiger partial charge on any atom is -0.481 e. The molecule has 0 heterocycles. The average Bonchev–Trinajstić information content (AvgIpc) is 3.15. The van der Waals surface area contributed by atoms with Crippen molar-refractivity contribution in [2.45, 2.75) is 84.0 Å². The highest BCUT2D eigenvalue weighted by Crippen LogP contribution is 2.23. The Balaban J connectivity index is 0.000000821. The SMILES string of the molecule is C=CC(C)C(=O)O.O=C(O)CCCCC=CCCCCCCC1C=CCC1. The van der Waals surface area contributed by atoms with E-state index in [0.29, 0.717) is 6.42 Å². The lowest BCUT2D eigenvalue weighted by Gasteiger charge is -2.06. The van der Waals surface area contributed by atoms with Gasteiger partial charge in [0.2, 0.25) is 0 Å². The maximum absolute atomic E-state index is 10.3. The molecule has 1 aliphatic carbocycles. The second-order valence-electron chi connectivity index (χ2n) is 7.23. The van der Waals surface area contributed by atoms with Gasteiger partial charge in [0, 0.05) is 6.42 Å². The topological polar surface area (TPSA) is 74.6 Å². The predicted octanol–water partition coefficient (Wildman–Crippen LogP) is 6.39. The maximum atomic E-state index is 10.3. The number of unbranched alkanes of at least 4 members (excludes halogenated alkanes) is 6. The summed E-state index contributed by atoms with van der Waals surface area (Å²) in [6, 6.07) is 0. The van der Waals surface area contributed by atoms with Gasteiger partial charge < -0.3 is 10.2 Å². The maximum Gasteiger partial charge on any atom is 0.310 e. The first kappa shape index (κ1) is 25.2. The molecule has 0 saturated heterocycles. The van der Waals surface area contributed by atoms with Gasteiger partial charge in [-0.25, -0.2) is 0 Å². The molecular formula is C23H38O4. The number of hydrogen-bond acceptors (Lipinski definition) is 2. The van der Waals surface area contributed by atoms with E-state index in [1.807, 2.05) is 0 Å². The Labute approximate surface area is 165 Å². The van der Waals surface area contributed by atoms with Crippen molar-refractivity contribution in [3.8, 4) is 0 Å². The van der Waals surface area contributed by atoms with Crippen LogP contribution in [0.25, 0.3) is 0 Å². The monoisotopic (exact) mass is 378 g/mol. The van der Waals surface area contributed by atoms with Crippen molar-refractivity contribution in [1.29, 1.82) is 0 Å². The van der Waals surface area contributed by atoms with E-state index < -0.39 is 17.9 Å². The third-order valence-electron chi connectivity index (χ3n) is 4.73. The van der Waals surface area contributed by atoms with E-state index in [1.165, 1.54) is 57.4 Å². The van der Waals surface area contributed by atoms with Gasteiger partial charge in [0.25, 0.3) is 0 Å². The lowest BCUT2D eigenvalue weighted by molar-refractivity contribution is -0.139. The number of carboxylic acids is 2. The average molecular weight is 379 g/mol. The van der Waals surface area contributed by atoms with Crippen LogP contribution in [0.15, 0.2) is 37.0 Å². The van der Waals surface area contributed by atoms with E-state index >= 15 is 0 Å². The van der Waals surface area contributed by atoms with Crippen LogP contribution in [0.1, 0.15) is 84.0 Å². The van der Waals surface area contributed by atoms with Crippen molar-refractivity contribution in [3.63, 3.8) is 0 Å². The number of aliphatic carboxylic acids is 2. The van der Waals surface area contributed by atoms with E-state index in [9.17, 15) is 9.59 Å². The molecule has 4 heteroatoms. The van der Waals surface area contributed by atoms with Gasteiger partial charge in [-0.1, -0.05) is 49.6 Å². The van der Waals surface area contributed by atoms with Crippen LogP contribution in [0.3, 0.4) is 0 Å². The number of rotatable bonds is 14. The van der Waals surface area contributed by atoms with E-state index in [-0.39, 0.29) is 0 Å². The van der Waals surface area contributed by atoms with Crippen molar-refractivity contribution >= 4 is 11.9 Å². The van der Waals surface area contributed by atoms with E-state index in [1.54, 1.807) is 6.92 Å². The summed E-state index contributed by atoms with van der Waals surface area (Å²) in [7, 11) is 0. The van der Waals surface area contributed by atoms with Crippen LogP contribution in [0.2, 0.25) is 0 Å². The molecule has 0 fully saturated rings. The Kier molecular flexibility index (Phi) is 16.4. The van der Waals surface area contributed by atoms with Crippen LogP contribution in [-0.4, -0.2) is 22.2 Å². The highest BCUT2D eigenvalue weighted by molar-refractivity contribution is 5.71. The highest BCUT2D eigenvalue weighted by atomic mass is 16.4. The minimum absolute atomic E-state index is 0.310. The molecule has 1 rings (SSSR count). The minimum atomic E-state index is -0.824. The molecular weight excluding hydrogens is 340 g/mol. The first-order valence-electron chi connectivity index (χ1n) is 10.4. The summed E-state index contributed by atoms with van der Waals surface area (Å²) in [5.41, 5.74) is 0. The zero-order chi connectivity index (χ0) is 20.3. The van der Waals surface area contributed by atoms with Gasteiger partial charge in [0.1, 0.15) is 0 Å². The Morgan fingerprint density at radius 2 is 1.70 bits per heavy atom. The van der Waals surface area contributed by atoms with Gasteiger partial charge in [-0.2, -0.15) is 0 Å². The highest BCUT2D eigenvalue weighted by Gasteiger charge is 2.07. The fraction of sp³-hybridized carbons (Fsp3) is 0.652. The standard InChI is InChI=1S/C18H30O2.C5H8O2/c19-18(20)16-10-8-6-4-2-1-3-5-7-9-13-17-14-11-12-15-17;1-3-4(2)5(6)7/h2,4,11,14,17H,1,3,5-10,12-13,15-16H2,(H,19,20);3-4H,1H2,2H3,(H,6,7). The van der Waals surface area contributed by atoms with Gasteiger partial charge >= 0.3 is 11.9 Å². The second-order valence-corrected chi connectivity index (χ2v) is 7.23. The van der Waals surface area contributed by atoms with Crippen molar-refractivity contribution in [2.24, 2.45) is 11.8 Å². The van der Waals surface area contributed by atoms with Crippen molar-refractivity contribution < 1.29 is 19.8 Å². The molecule has 0 aliphatic heterocycles. The van der Waals surface area contributed by atoms with Gasteiger partial charge in [0.05, 0.1) is 5.92 Å². The summed E-state index contributed by atoms with van der Waals surface area (Å²) in [6.07, 6.45) is 24.4. The molecule has 0 radical (unpaired) electrons. The molecule has 0 aromatic heterocycles. The third-order valence-corrected chi connectivity index (χ3v) is 4.73. The van der Waals surface area contributed by atoms with Crippen LogP contribution in [0.4, 0.5) is 0 Å². The summed E-state index contributed by atoms with van der Waals surface area (Å²) in [5.74, 6) is -1.04. The molecule has 0 spiro atoms. The molecule has 2 atom stereocenters. The molecule has 0 aromatic rings. The van der Waals surface area contributed by atoms with Gasteiger partial charge in [-0.05, 0) is 64.2 Å². The van der Waals surface area contributed by atoms with Gasteiger partial charge in [-0.3, -0.25) is 9.59 Å². The zero-order valence-electron chi connectivity index (χ0n) is 16.9. The Morgan fingerprint density at radius 1 is 1.07 bits per heavy atom. The molecule has 0 bridgehead atoms. The number of carboxylic acid groups (broad SMARTS) is 2. The van der Waals surface area contributed by atoms with Crippen LogP contribution < -0.4 is 0 Å². The summed E-state index contributed by atoms with van der Waals surface area (Å²) in [6.45, 7) is 4.88. The number of hydrogen-bond donors (Lipinski definition) is 2. The Hall–Kier alpha value is -1.84. The molecule has 0 aromatic carbocycles. The molecule has 2 unspecified atom stereocenters. The first-order chi connectivity index (χ1) is 13.0. The van der Waals surface area contributed by atoms with E-state index in [2.05, 4.69) is 30.9 Å². The van der Waals surface area contributed by atoms with Crippen LogP contribution in [0, 0.1) is 11.8 Å². The molecule has 0 amide bonds. The van der Waals surface area contributed by atoms with Gasteiger partial charge in [-0.15, -0.1) is 6.58 Å². The predicted molar refractivity (Wildman–Crippen MR) is 112 cm³/mol. The quantitative estimate of drug-likeness (QED) is 0.271. The summed E-state index contributed by atoms with van der Waals surface area (Å²) in [4.78, 5) is 20.2. The number of carbonyl (C=O) groups is 2. The second kappa shape index (κ2) is 17.6. The summed E-state index contributed by atoms with van der Waals surface area (Å²) in [5, 5.41) is 16.6. The smallest absolute Gasteiger partial charge is 0.310 e. The Morgan fingerprint density at radius 3 is 2.19 bits per heavy atom. The Bertz CT molecular complexity index is 465. The fourth-order valence-corrected chi connectivity index (χ4v) is 2.83. The van der Waals surface area contributed by atoms with Crippen molar-refractivity contribution in [2.75, 3.05) is 0 Å². The van der Waals surface area contributed by atoms with E-state index in [0.717, 1.165) is 25.2 Å². The third kappa shape index (κ3) is 17.3. The summed E-state index contributed by atoms with van der Waals surface area (Å²) < 4.78 is 0. The fourth-order valence-electron chi connectivity index (χ4n) is 2.83. The molecule has 4 nitrogen and oxygen atoms in total. The van der Waals surface area contributed by atoms with Crippen LogP contribution in [0.5, 0.6) is 0 Å². The van der Waals surface area contributed by atoms with E-state index in [4.69, 9.17) is 10.2 Å². The normalized spacial score (nSPS) is 16.7. The molecule has 2 N–H and O–H groups in total. The van der Waals surface area contributed by atoms with Crippen molar-refractivity contribution in [1.82, 2.24) is 0 Å². The molecule has 154 valence electrons. The number of allylic oxidation sites excluding steroid dienone is 4. The lowest BCUT2D eigenvalue weighted by atomic mass is 10.00. The molecule has 1 aliphatic rings. The summed E-state index contributed by atoms with van der Waals surface area (Å²) >= 11 is 0. The van der Waals surface area contributed by atoms with Gasteiger partial charge in [0.15, 0.2) is 0 Å². The van der Waals surface area contributed by atoms with Crippen LogP contribution in [-0.2, 0) is 9.59 Å². The largest absolute Gasteiger partial charge is 0.481 e. The lowest BCUT2D eigenvalue weighted by Crippen LogP contribution is -2.04.